The van der Waals surface area contributed by atoms with E-state index in [2.05, 4.69) is 15.5 Å². The number of nitrogens with one attached hydrogen (secondary N) is 1. The first-order chi connectivity index (χ1) is 12.0. The van der Waals surface area contributed by atoms with Crippen molar-refractivity contribution >= 4 is 17.7 Å². The van der Waals surface area contributed by atoms with Gasteiger partial charge in [0.2, 0.25) is 5.91 Å². The van der Waals surface area contributed by atoms with Crippen molar-refractivity contribution in [2.24, 2.45) is 7.05 Å². The maximum Gasteiger partial charge on any atom is 0.233 e. The summed E-state index contributed by atoms with van der Waals surface area (Å²) in [4.78, 5) is 12.1. The van der Waals surface area contributed by atoms with Gasteiger partial charge in [0.05, 0.1) is 10.8 Å². The average molecular weight is 366 g/mol. The van der Waals surface area contributed by atoms with Crippen LogP contribution in [0.3, 0.4) is 0 Å². The van der Waals surface area contributed by atoms with Gasteiger partial charge >= 0.3 is 0 Å². The summed E-state index contributed by atoms with van der Waals surface area (Å²) in [5.41, 5.74) is 0.386. The smallest absolute Gasteiger partial charge is 0.233 e. The molecule has 0 spiro atoms. The van der Waals surface area contributed by atoms with Crippen molar-refractivity contribution < 1.29 is 13.9 Å². The Morgan fingerprint density at radius 2 is 2.16 bits per heavy atom. The molecule has 2 rings (SSSR count). The molecule has 2 aromatic rings. The van der Waals surface area contributed by atoms with E-state index < -0.39 is 0 Å². The van der Waals surface area contributed by atoms with E-state index in [1.54, 1.807) is 36.7 Å². The number of hydrogen-bond donors (Lipinski definition) is 1. The molecule has 0 aliphatic carbocycles. The number of thioether (sulfide) groups is 1. The zero-order valence-electron chi connectivity index (χ0n) is 14.7. The molecule has 0 radical (unpaired) electrons. The third-order valence-corrected chi connectivity index (χ3v) is 4.70. The minimum atomic E-state index is -0.352. The molecule has 1 amide bonds. The first kappa shape index (κ1) is 19.4. The largest absolute Gasteiger partial charge is 0.382 e. The van der Waals surface area contributed by atoms with Gasteiger partial charge in [0.1, 0.15) is 5.82 Å². The number of rotatable bonds is 9. The average Bonchev–Trinajstić information content (AvgIpc) is 2.95. The van der Waals surface area contributed by atoms with Crippen LogP contribution < -0.4 is 5.32 Å². The van der Waals surface area contributed by atoms with E-state index >= 15 is 0 Å². The van der Waals surface area contributed by atoms with Crippen LogP contribution in [0.1, 0.15) is 20.3 Å². The summed E-state index contributed by atoms with van der Waals surface area (Å²) in [6, 6.07) is 6.42. The lowest BCUT2D eigenvalue weighted by molar-refractivity contribution is -0.120. The molecule has 0 fully saturated rings. The van der Waals surface area contributed by atoms with E-state index in [9.17, 15) is 9.18 Å². The molecular formula is C17H23FN4O2S. The van der Waals surface area contributed by atoms with E-state index in [0.717, 1.165) is 6.42 Å². The van der Waals surface area contributed by atoms with Gasteiger partial charge in [0.15, 0.2) is 11.0 Å². The molecule has 1 aromatic heterocycles. The van der Waals surface area contributed by atoms with E-state index in [0.29, 0.717) is 36.3 Å². The van der Waals surface area contributed by atoms with E-state index in [1.807, 2.05) is 6.92 Å². The summed E-state index contributed by atoms with van der Waals surface area (Å²) in [5.74, 6) is 0.0107. The normalized spacial score (nSPS) is 12.2. The number of aromatic nitrogens is 3. The molecule has 1 atom stereocenters. The van der Waals surface area contributed by atoms with Crippen molar-refractivity contribution in [2.75, 3.05) is 19.8 Å². The molecule has 0 bridgehead atoms. The Balaban J connectivity index is 1.94. The number of nitrogens with zero attached hydrogens (tertiary/aromatic N) is 3. The Bertz CT molecular complexity index is 708. The number of benzene rings is 1. The van der Waals surface area contributed by atoms with Gasteiger partial charge in [-0.05, 0) is 32.4 Å². The molecule has 0 saturated carbocycles. The van der Waals surface area contributed by atoms with Gasteiger partial charge < -0.3 is 14.6 Å². The molecule has 1 N–H and O–H groups in total. The Morgan fingerprint density at radius 1 is 1.40 bits per heavy atom. The minimum absolute atomic E-state index is 0.0723. The number of carbonyl (C=O) groups is 1. The van der Waals surface area contributed by atoms with Crippen LogP contribution in [-0.4, -0.2) is 45.7 Å². The lowest BCUT2D eigenvalue weighted by Crippen LogP contribution is -2.32. The Morgan fingerprint density at radius 3 is 2.88 bits per heavy atom. The Labute approximate surface area is 151 Å². The standard InChI is InChI=1S/C17H23FN4O2S/c1-4-24-11-7-10-19-16(23)12(2)25-17-21-20-15(22(17)3)13-8-5-6-9-14(13)18/h5-6,8-9,12H,4,7,10-11H2,1-3H3,(H,19,23). The summed E-state index contributed by atoms with van der Waals surface area (Å²) in [6.07, 6.45) is 0.776. The summed E-state index contributed by atoms with van der Waals surface area (Å²) >= 11 is 1.29. The van der Waals surface area contributed by atoms with Crippen molar-refractivity contribution in [3.8, 4) is 11.4 Å². The highest BCUT2D eigenvalue weighted by atomic mass is 32.2. The highest BCUT2D eigenvalue weighted by molar-refractivity contribution is 8.00. The predicted molar refractivity (Wildman–Crippen MR) is 95.8 cm³/mol. The molecule has 0 aliphatic rings. The van der Waals surface area contributed by atoms with Crippen molar-refractivity contribution in [2.45, 2.75) is 30.7 Å². The summed E-state index contributed by atoms with van der Waals surface area (Å²) in [7, 11) is 1.76. The fraction of sp³-hybridized carbons (Fsp3) is 0.471. The monoisotopic (exact) mass is 366 g/mol. The highest BCUT2D eigenvalue weighted by Crippen LogP contribution is 2.26. The molecular weight excluding hydrogens is 343 g/mol. The molecule has 25 heavy (non-hydrogen) atoms. The summed E-state index contributed by atoms with van der Waals surface area (Å²) in [6.45, 7) is 5.63. The number of amides is 1. The van der Waals surface area contributed by atoms with Crippen LogP contribution in [0, 0.1) is 5.82 Å². The van der Waals surface area contributed by atoms with Gasteiger partial charge in [-0.15, -0.1) is 10.2 Å². The van der Waals surface area contributed by atoms with Gasteiger partial charge in [-0.2, -0.15) is 0 Å². The summed E-state index contributed by atoms with van der Waals surface area (Å²) < 4.78 is 20.9. The van der Waals surface area contributed by atoms with Gasteiger partial charge in [-0.25, -0.2) is 4.39 Å². The van der Waals surface area contributed by atoms with Crippen molar-refractivity contribution in [1.29, 1.82) is 0 Å². The second-order valence-corrected chi connectivity index (χ2v) is 6.75. The van der Waals surface area contributed by atoms with Gasteiger partial charge in [-0.1, -0.05) is 23.9 Å². The molecule has 1 heterocycles. The summed E-state index contributed by atoms with van der Waals surface area (Å²) in [5, 5.41) is 11.3. The van der Waals surface area contributed by atoms with E-state index in [4.69, 9.17) is 4.74 Å². The van der Waals surface area contributed by atoms with Crippen LogP contribution in [0.15, 0.2) is 29.4 Å². The topological polar surface area (TPSA) is 69.0 Å². The lowest BCUT2D eigenvalue weighted by Gasteiger charge is -2.11. The van der Waals surface area contributed by atoms with Gasteiger partial charge in [0.25, 0.3) is 0 Å². The number of halogens is 1. The number of carbonyl (C=O) groups excluding carboxylic acids is 1. The van der Waals surface area contributed by atoms with Crippen molar-refractivity contribution in [1.82, 2.24) is 20.1 Å². The maximum absolute atomic E-state index is 13.9. The van der Waals surface area contributed by atoms with Crippen LogP contribution in [0.4, 0.5) is 4.39 Å². The van der Waals surface area contributed by atoms with Crippen LogP contribution in [0.5, 0.6) is 0 Å². The third kappa shape index (κ3) is 5.27. The molecule has 136 valence electrons. The maximum atomic E-state index is 13.9. The molecule has 1 unspecified atom stereocenters. The zero-order chi connectivity index (χ0) is 18.2. The van der Waals surface area contributed by atoms with Crippen LogP contribution in [0.25, 0.3) is 11.4 Å². The zero-order valence-corrected chi connectivity index (χ0v) is 15.5. The third-order valence-electron chi connectivity index (χ3n) is 3.57. The van der Waals surface area contributed by atoms with Gasteiger partial charge in [0, 0.05) is 26.8 Å². The predicted octanol–water partition coefficient (Wildman–Crippen LogP) is 2.64. The second kappa shape index (κ2) is 9.53. The van der Waals surface area contributed by atoms with Crippen molar-refractivity contribution in [3.63, 3.8) is 0 Å². The fourth-order valence-electron chi connectivity index (χ4n) is 2.18. The van der Waals surface area contributed by atoms with Crippen LogP contribution >= 0.6 is 11.8 Å². The Hall–Kier alpha value is -1.93. The molecule has 0 aliphatic heterocycles. The van der Waals surface area contributed by atoms with Gasteiger partial charge in [-0.3, -0.25) is 4.79 Å². The Kier molecular flexibility index (Phi) is 7.39. The first-order valence-electron chi connectivity index (χ1n) is 8.21. The first-order valence-corrected chi connectivity index (χ1v) is 9.09. The second-order valence-electron chi connectivity index (χ2n) is 5.45. The van der Waals surface area contributed by atoms with Crippen LogP contribution in [0.2, 0.25) is 0 Å². The van der Waals surface area contributed by atoms with Crippen molar-refractivity contribution in [3.05, 3.63) is 30.1 Å². The number of ether oxygens (including phenoxy) is 1. The van der Waals surface area contributed by atoms with Crippen LogP contribution in [-0.2, 0) is 16.6 Å². The quantitative estimate of drug-likeness (QED) is 0.546. The lowest BCUT2D eigenvalue weighted by atomic mass is 10.2. The molecule has 0 saturated heterocycles. The molecule has 1 aromatic carbocycles. The molecule has 8 heteroatoms. The van der Waals surface area contributed by atoms with E-state index in [-0.39, 0.29) is 17.0 Å². The SMILES string of the molecule is CCOCCCNC(=O)C(C)Sc1nnc(-c2ccccc2F)n1C. The number of hydrogen-bond acceptors (Lipinski definition) is 5. The fourth-order valence-corrected chi connectivity index (χ4v) is 3.02. The van der Waals surface area contributed by atoms with E-state index in [1.165, 1.54) is 17.8 Å². The molecule has 6 nitrogen and oxygen atoms in total. The highest BCUT2D eigenvalue weighted by Gasteiger charge is 2.20. The minimum Gasteiger partial charge on any atom is -0.382 e.